The Kier molecular flexibility index (Phi) is 1.91. The SMILES string of the molecule is Cc1ccc(F)c2c1C(=O)CCC2. The predicted octanol–water partition coefficient (Wildman–Crippen LogP) is 2.65. The van der Waals surface area contributed by atoms with E-state index in [4.69, 9.17) is 0 Å². The molecule has 0 unspecified atom stereocenters. The van der Waals surface area contributed by atoms with Crippen molar-refractivity contribution in [3.05, 3.63) is 34.6 Å². The zero-order valence-corrected chi connectivity index (χ0v) is 7.56. The number of carbonyl (C=O) groups excluding carboxylic acids is 1. The van der Waals surface area contributed by atoms with Crippen molar-refractivity contribution in [2.45, 2.75) is 26.2 Å². The summed E-state index contributed by atoms with van der Waals surface area (Å²) in [5.41, 5.74) is 2.16. The maximum absolute atomic E-state index is 13.3. The molecule has 0 aliphatic heterocycles. The molecule has 13 heavy (non-hydrogen) atoms. The number of rotatable bonds is 0. The lowest BCUT2D eigenvalue weighted by atomic mass is 9.87. The summed E-state index contributed by atoms with van der Waals surface area (Å²) >= 11 is 0. The lowest BCUT2D eigenvalue weighted by Crippen LogP contribution is -2.14. The van der Waals surface area contributed by atoms with E-state index in [1.54, 1.807) is 6.07 Å². The number of benzene rings is 1. The smallest absolute Gasteiger partial charge is 0.163 e. The van der Waals surface area contributed by atoms with Gasteiger partial charge in [0.25, 0.3) is 0 Å². The van der Waals surface area contributed by atoms with E-state index in [1.165, 1.54) is 6.07 Å². The zero-order chi connectivity index (χ0) is 9.42. The second-order valence-corrected chi connectivity index (χ2v) is 3.49. The molecule has 0 aromatic heterocycles. The summed E-state index contributed by atoms with van der Waals surface area (Å²) in [7, 11) is 0. The standard InChI is InChI=1S/C11H11FO/c1-7-5-6-9(12)8-3-2-4-10(13)11(7)8/h5-6H,2-4H2,1H3. The molecule has 0 atom stereocenters. The molecule has 0 saturated carbocycles. The number of hydrogen-bond acceptors (Lipinski definition) is 1. The third-order valence-corrected chi connectivity index (χ3v) is 2.57. The van der Waals surface area contributed by atoms with Gasteiger partial charge >= 0.3 is 0 Å². The maximum Gasteiger partial charge on any atom is 0.163 e. The van der Waals surface area contributed by atoms with E-state index in [2.05, 4.69) is 0 Å². The van der Waals surface area contributed by atoms with Gasteiger partial charge in [-0.1, -0.05) is 6.07 Å². The van der Waals surface area contributed by atoms with E-state index in [0.717, 1.165) is 12.0 Å². The van der Waals surface area contributed by atoms with E-state index in [9.17, 15) is 9.18 Å². The molecule has 1 aromatic rings. The third-order valence-electron chi connectivity index (χ3n) is 2.57. The van der Waals surface area contributed by atoms with Crippen molar-refractivity contribution in [3.63, 3.8) is 0 Å². The van der Waals surface area contributed by atoms with Crippen LogP contribution in [0.5, 0.6) is 0 Å². The van der Waals surface area contributed by atoms with Crippen molar-refractivity contribution in [2.24, 2.45) is 0 Å². The number of halogens is 1. The zero-order valence-electron chi connectivity index (χ0n) is 7.56. The monoisotopic (exact) mass is 178 g/mol. The van der Waals surface area contributed by atoms with Gasteiger partial charge in [0.2, 0.25) is 0 Å². The molecule has 1 aliphatic rings. The number of ketones is 1. The van der Waals surface area contributed by atoms with Crippen LogP contribution in [0.3, 0.4) is 0 Å². The highest BCUT2D eigenvalue weighted by molar-refractivity contribution is 5.99. The molecule has 68 valence electrons. The Morgan fingerprint density at radius 2 is 2.08 bits per heavy atom. The molecule has 2 rings (SSSR count). The molecule has 1 nitrogen and oxygen atoms in total. The van der Waals surface area contributed by atoms with Crippen molar-refractivity contribution < 1.29 is 9.18 Å². The summed E-state index contributed by atoms with van der Waals surface area (Å²) in [5.74, 6) is -0.132. The average Bonchev–Trinajstić information content (AvgIpc) is 2.12. The van der Waals surface area contributed by atoms with Crippen molar-refractivity contribution in [3.8, 4) is 0 Å². The fourth-order valence-electron chi connectivity index (χ4n) is 1.92. The first-order valence-electron chi connectivity index (χ1n) is 4.51. The second kappa shape index (κ2) is 2.95. The minimum atomic E-state index is -0.228. The van der Waals surface area contributed by atoms with Crippen LogP contribution in [0.2, 0.25) is 0 Å². The van der Waals surface area contributed by atoms with Crippen molar-refractivity contribution >= 4 is 5.78 Å². The molecular formula is C11H11FO. The van der Waals surface area contributed by atoms with Gasteiger partial charge in [0, 0.05) is 12.0 Å². The average molecular weight is 178 g/mol. The Balaban J connectivity index is 2.67. The van der Waals surface area contributed by atoms with Crippen LogP contribution in [0.1, 0.15) is 34.3 Å². The summed E-state index contributed by atoms with van der Waals surface area (Å²) in [4.78, 5) is 11.5. The quantitative estimate of drug-likeness (QED) is 0.597. The second-order valence-electron chi connectivity index (χ2n) is 3.49. The summed E-state index contributed by atoms with van der Waals surface area (Å²) in [6.45, 7) is 1.86. The first kappa shape index (κ1) is 8.42. The lowest BCUT2D eigenvalue weighted by Gasteiger charge is -2.17. The van der Waals surface area contributed by atoms with Crippen LogP contribution in [-0.4, -0.2) is 5.78 Å². The number of carbonyl (C=O) groups is 1. The summed E-state index contributed by atoms with van der Waals surface area (Å²) in [6.07, 6.45) is 2.05. The first-order chi connectivity index (χ1) is 6.20. The topological polar surface area (TPSA) is 17.1 Å². The number of aryl methyl sites for hydroxylation is 1. The molecule has 0 fully saturated rings. The van der Waals surface area contributed by atoms with Crippen LogP contribution >= 0.6 is 0 Å². The molecule has 1 aliphatic carbocycles. The van der Waals surface area contributed by atoms with Gasteiger partial charge in [-0.05, 0) is 37.0 Å². The summed E-state index contributed by atoms with van der Waals surface area (Å²) in [6, 6.07) is 3.13. The predicted molar refractivity (Wildman–Crippen MR) is 48.4 cm³/mol. The molecule has 0 heterocycles. The Labute approximate surface area is 76.6 Å². The Bertz CT molecular complexity index is 369. The van der Waals surface area contributed by atoms with E-state index in [-0.39, 0.29) is 11.6 Å². The van der Waals surface area contributed by atoms with Crippen molar-refractivity contribution in [1.82, 2.24) is 0 Å². The van der Waals surface area contributed by atoms with Gasteiger partial charge < -0.3 is 0 Å². The fourth-order valence-corrected chi connectivity index (χ4v) is 1.92. The third kappa shape index (κ3) is 1.26. The van der Waals surface area contributed by atoms with Crippen LogP contribution in [0, 0.1) is 12.7 Å². The van der Waals surface area contributed by atoms with E-state index < -0.39 is 0 Å². The van der Waals surface area contributed by atoms with Crippen LogP contribution in [-0.2, 0) is 6.42 Å². The first-order valence-corrected chi connectivity index (χ1v) is 4.51. The van der Waals surface area contributed by atoms with Gasteiger partial charge in [0.15, 0.2) is 5.78 Å². The van der Waals surface area contributed by atoms with Crippen LogP contribution in [0.25, 0.3) is 0 Å². The highest BCUT2D eigenvalue weighted by atomic mass is 19.1. The van der Waals surface area contributed by atoms with Gasteiger partial charge in [0.1, 0.15) is 5.82 Å². The summed E-state index contributed by atoms with van der Waals surface area (Å²) < 4.78 is 13.3. The van der Waals surface area contributed by atoms with E-state index in [0.29, 0.717) is 24.0 Å². The molecule has 0 bridgehead atoms. The molecule has 0 saturated heterocycles. The van der Waals surface area contributed by atoms with E-state index >= 15 is 0 Å². The van der Waals surface area contributed by atoms with Crippen LogP contribution in [0.4, 0.5) is 4.39 Å². The molecule has 0 amide bonds. The minimum Gasteiger partial charge on any atom is -0.294 e. The molecular weight excluding hydrogens is 167 g/mol. The molecule has 2 heteroatoms. The number of fused-ring (bicyclic) bond motifs is 1. The highest BCUT2D eigenvalue weighted by Gasteiger charge is 2.21. The van der Waals surface area contributed by atoms with Crippen LogP contribution < -0.4 is 0 Å². The minimum absolute atomic E-state index is 0.0956. The van der Waals surface area contributed by atoms with Gasteiger partial charge in [0.05, 0.1) is 0 Å². The molecule has 0 radical (unpaired) electrons. The Morgan fingerprint density at radius 1 is 1.31 bits per heavy atom. The Hall–Kier alpha value is -1.18. The van der Waals surface area contributed by atoms with Crippen LogP contribution in [0.15, 0.2) is 12.1 Å². The van der Waals surface area contributed by atoms with E-state index in [1.807, 2.05) is 6.92 Å². The maximum atomic E-state index is 13.3. The molecule has 1 aromatic carbocycles. The Morgan fingerprint density at radius 3 is 2.77 bits per heavy atom. The van der Waals surface area contributed by atoms with Gasteiger partial charge in [-0.3, -0.25) is 4.79 Å². The lowest BCUT2D eigenvalue weighted by molar-refractivity contribution is 0.0971. The normalized spacial score (nSPS) is 15.7. The van der Waals surface area contributed by atoms with Gasteiger partial charge in [-0.25, -0.2) is 4.39 Å². The molecule has 0 N–H and O–H groups in total. The largest absolute Gasteiger partial charge is 0.294 e. The summed E-state index contributed by atoms with van der Waals surface area (Å²) in [5, 5.41) is 0. The van der Waals surface area contributed by atoms with Gasteiger partial charge in [-0.2, -0.15) is 0 Å². The van der Waals surface area contributed by atoms with Crippen molar-refractivity contribution in [1.29, 1.82) is 0 Å². The fraction of sp³-hybridized carbons (Fsp3) is 0.364. The van der Waals surface area contributed by atoms with Crippen molar-refractivity contribution in [2.75, 3.05) is 0 Å². The van der Waals surface area contributed by atoms with Gasteiger partial charge in [-0.15, -0.1) is 0 Å². The number of hydrogen-bond donors (Lipinski definition) is 0. The molecule has 0 spiro atoms. The number of Topliss-reactive ketones (excluding diaryl/α,β-unsaturated/α-hetero) is 1. The highest BCUT2D eigenvalue weighted by Crippen LogP contribution is 2.26.